The summed E-state index contributed by atoms with van der Waals surface area (Å²) in [5, 5.41) is 6.29. The Kier molecular flexibility index (Phi) is 4.97. The number of benzene rings is 2. The topological polar surface area (TPSA) is 64.4 Å². The van der Waals surface area contributed by atoms with Crippen molar-refractivity contribution in [3.05, 3.63) is 76.7 Å². The molecule has 0 aliphatic rings. The lowest BCUT2D eigenvalue weighted by Gasteiger charge is -2.08. The SMILES string of the molecule is Cc1ccc(NC(=O)c2noc(C)c2COc2ccccc2F)cc1F. The summed E-state index contributed by atoms with van der Waals surface area (Å²) in [6, 6.07) is 10.3. The molecule has 0 spiro atoms. The van der Waals surface area contributed by atoms with E-state index in [1.165, 1.54) is 18.2 Å². The van der Waals surface area contributed by atoms with Gasteiger partial charge in [0.2, 0.25) is 0 Å². The van der Waals surface area contributed by atoms with Gasteiger partial charge in [0.1, 0.15) is 18.2 Å². The van der Waals surface area contributed by atoms with Crippen LogP contribution in [0.5, 0.6) is 5.75 Å². The van der Waals surface area contributed by atoms with Crippen LogP contribution in [0.4, 0.5) is 14.5 Å². The minimum absolute atomic E-state index is 0.000164. The van der Waals surface area contributed by atoms with Crippen molar-refractivity contribution in [2.24, 2.45) is 0 Å². The molecule has 0 aliphatic carbocycles. The van der Waals surface area contributed by atoms with Crippen molar-refractivity contribution in [3.63, 3.8) is 0 Å². The molecule has 0 bridgehead atoms. The van der Waals surface area contributed by atoms with E-state index in [4.69, 9.17) is 9.26 Å². The van der Waals surface area contributed by atoms with Crippen LogP contribution in [0.1, 0.15) is 27.4 Å². The second-order valence-corrected chi connectivity index (χ2v) is 5.70. The highest BCUT2D eigenvalue weighted by Gasteiger charge is 2.21. The Morgan fingerprint density at radius 1 is 1.15 bits per heavy atom. The highest BCUT2D eigenvalue weighted by molar-refractivity contribution is 6.03. The van der Waals surface area contributed by atoms with Gasteiger partial charge in [-0.3, -0.25) is 4.79 Å². The van der Waals surface area contributed by atoms with E-state index < -0.39 is 17.5 Å². The van der Waals surface area contributed by atoms with Crippen LogP contribution in [0, 0.1) is 25.5 Å². The fourth-order valence-corrected chi connectivity index (χ4v) is 2.31. The highest BCUT2D eigenvalue weighted by atomic mass is 19.1. The first-order valence-corrected chi connectivity index (χ1v) is 7.85. The molecule has 1 heterocycles. The van der Waals surface area contributed by atoms with Crippen LogP contribution < -0.4 is 10.1 Å². The van der Waals surface area contributed by atoms with Crippen LogP contribution in [-0.2, 0) is 6.61 Å². The molecule has 1 amide bonds. The molecule has 7 heteroatoms. The first-order valence-electron chi connectivity index (χ1n) is 7.85. The number of amides is 1. The minimum atomic E-state index is -0.572. The van der Waals surface area contributed by atoms with Crippen LogP contribution in [0.15, 0.2) is 47.0 Å². The zero-order chi connectivity index (χ0) is 18.7. The Bertz CT molecular complexity index is 954. The third kappa shape index (κ3) is 3.72. The van der Waals surface area contributed by atoms with Crippen molar-refractivity contribution in [1.82, 2.24) is 5.16 Å². The summed E-state index contributed by atoms with van der Waals surface area (Å²) in [5.41, 5.74) is 1.15. The number of halogens is 2. The number of aryl methyl sites for hydroxylation is 2. The molecule has 1 aromatic heterocycles. The number of ether oxygens (including phenoxy) is 1. The third-order valence-corrected chi connectivity index (χ3v) is 3.84. The average molecular weight is 358 g/mol. The highest BCUT2D eigenvalue weighted by Crippen LogP contribution is 2.21. The summed E-state index contributed by atoms with van der Waals surface area (Å²) >= 11 is 0. The molecular formula is C19H16F2N2O3. The quantitative estimate of drug-likeness (QED) is 0.734. The van der Waals surface area contributed by atoms with E-state index in [1.807, 2.05) is 0 Å². The fraction of sp³-hybridized carbons (Fsp3) is 0.158. The van der Waals surface area contributed by atoms with Crippen LogP contribution in [-0.4, -0.2) is 11.1 Å². The predicted molar refractivity (Wildman–Crippen MR) is 91.1 cm³/mol. The van der Waals surface area contributed by atoms with Crippen molar-refractivity contribution in [2.45, 2.75) is 20.5 Å². The molecular weight excluding hydrogens is 342 g/mol. The Hall–Kier alpha value is -3.22. The molecule has 0 saturated heterocycles. The number of carbonyl (C=O) groups is 1. The smallest absolute Gasteiger partial charge is 0.278 e. The third-order valence-electron chi connectivity index (χ3n) is 3.84. The Labute approximate surface area is 148 Å². The number of carbonyl (C=O) groups excluding carboxylic acids is 1. The maximum Gasteiger partial charge on any atom is 0.278 e. The minimum Gasteiger partial charge on any atom is -0.486 e. The van der Waals surface area contributed by atoms with E-state index in [1.54, 1.807) is 38.1 Å². The molecule has 1 N–H and O–H groups in total. The number of nitrogens with zero attached hydrogens (tertiary/aromatic N) is 1. The van der Waals surface area contributed by atoms with Gasteiger partial charge in [0.15, 0.2) is 17.3 Å². The first-order chi connectivity index (χ1) is 12.5. The predicted octanol–water partition coefficient (Wildman–Crippen LogP) is 4.40. The molecule has 3 aromatic rings. The monoisotopic (exact) mass is 358 g/mol. The molecule has 2 aromatic carbocycles. The molecule has 0 radical (unpaired) electrons. The molecule has 0 saturated carbocycles. The van der Waals surface area contributed by atoms with Crippen LogP contribution in [0.3, 0.4) is 0 Å². The zero-order valence-corrected chi connectivity index (χ0v) is 14.2. The number of anilines is 1. The number of nitrogens with one attached hydrogen (secondary N) is 1. The van der Waals surface area contributed by atoms with Gasteiger partial charge in [-0.1, -0.05) is 23.4 Å². The lowest BCUT2D eigenvalue weighted by atomic mass is 10.2. The second kappa shape index (κ2) is 7.35. The number of aromatic nitrogens is 1. The number of hydrogen-bond acceptors (Lipinski definition) is 4. The molecule has 0 atom stereocenters. The van der Waals surface area contributed by atoms with Crippen molar-refractivity contribution >= 4 is 11.6 Å². The summed E-state index contributed by atoms with van der Waals surface area (Å²) in [7, 11) is 0. The van der Waals surface area contributed by atoms with Crippen molar-refractivity contribution < 1.29 is 22.8 Å². The lowest BCUT2D eigenvalue weighted by Crippen LogP contribution is -2.15. The number of rotatable bonds is 5. The summed E-state index contributed by atoms with van der Waals surface area (Å²) < 4.78 is 37.8. The number of para-hydroxylation sites is 1. The van der Waals surface area contributed by atoms with E-state index in [-0.39, 0.29) is 18.1 Å². The molecule has 0 fully saturated rings. The summed E-state index contributed by atoms with van der Waals surface area (Å²) in [6.45, 7) is 3.15. The zero-order valence-electron chi connectivity index (χ0n) is 14.2. The van der Waals surface area contributed by atoms with Gasteiger partial charge >= 0.3 is 0 Å². The van der Waals surface area contributed by atoms with Crippen LogP contribution >= 0.6 is 0 Å². The van der Waals surface area contributed by atoms with E-state index >= 15 is 0 Å². The van der Waals surface area contributed by atoms with Crippen LogP contribution in [0.25, 0.3) is 0 Å². The molecule has 134 valence electrons. The Morgan fingerprint density at radius 3 is 2.65 bits per heavy atom. The average Bonchev–Trinajstić information content (AvgIpc) is 2.98. The maximum atomic E-state index is 13.7. The first kappa shape index (κ1) is 17.6. The Morgan fingerprint density at radius 2 is 1.92 bits per heavy atom. The van der Waals surface area contributed by atoms with E-state index in [9.17, 15) is 13.6 Å². The molecule has 26 heavy (non-hydrogen) atoms. The normalized spacial score (nSPS) is 10.6. The van der Waals surface area contributed by atoms with Gasteiger partial charge in [0.05, 0.1) is 5.56 Å². The number of hydrogen-bond donors (Lipinski definition) is 1. The molecule has 0 unspecified atom stereocenters. The molecule has 5 nitrogen and oxygen atoms in total. The molecule has 0 aliphatic heterocycles. The fourth-order valence-electron chi connectivity index (χ4n) is 2.31. The van der Waals surface area contributed by atoms with Gasteiger partial charge < -0.3 is 14.6 Å². The van der Waals surface area contributed by atoms with Crippen molar-refractivity contribution in [3.8, 4) is 5.75 Å². The van der Waals surface area contributed by atoms with Crippen molar-refractivity contribution in [2.75, 3.05) is 5.32 Å². The largest absolute Gasteiger partial charge is 0.486 e. The van der Waals surface area contributed by atoms with E-state index in [0.717, 1.165) is 0 Å². The Balaban J connectivity index is 1.77. The maximum absolute atomic E-state index is 13.7. The lowest BCUT2D eigenvalue weighted by molar-refractivity contribution is 0.101. The standard InChI is InChI=1S/C19H16F2N2O3/c1-11-7-8-13(9-16(11)21)22-19(24)18-14(12(2)26-23-18)10-25-17-6-4-3-5-15(17)20/h3-9H,10H2,1-2H3,(H,22,24). The summed E-state index contributed by atoms with van der Waals surface area (Å²) in [6.07, 6.45) is 0. The van der Waals surface area contributed by atoms with E-state index in [2.05, 4.69) is 10.5 Å². The van der Waals surface area contributed by atoms with Gasteiger partial charge in [-0.05, 0) is 43.7 Å². The second-order valence-electron chi connectivity index (χ2n) is 5.70. The van der Waals surface area contributed by atoms with Gasteiger partial charge in [-0.15, -0.1) is 0 Å². The summed E-state index contributed by atoms with van der Waals surface area (Å²) in [4.78, 5) is 12.4. The van der Waals surface area contributed by atoms with Gasteiger partial charge in [-0.25, -0.2) is 8.78 Å². The summed E-state index contributed by atoms with van der Waals surface area (Å²) in [5.74, 6) is -1.08. The van der Waals surface area contributed by atoms with Crippen LogP contribution in [0.2, 0.25) is 0 Å². The van der Waals surface area contributed by atoms with E-state index in [0.29, 0.717) is 22.6 Å². The molecule has 3 rings (SSSR count). The van der Waals surface area contributed by atoms with Gasteiger partial charge in [0.25, 0.3) is 5.91 Å². The van der Waals surface area contributed by atoms with Gasteiger partial charge in [-0.2, -0.15) is 0 Å². The van der Waals surface area contributed by atoms with Gasteiger partial charge in [0, 0.05) is 5.69 Å². The van der Waals surface area contributed by atoms with Crippen molar-refractivity contribution in [1.29, 1.82) is 0 Å².